The Hall–Kier alpha value is -1.79. The highest BCUT2D eigenvalue weighted by atomic mass is 32.2. The fourth-order valence-electron chi connectivity index (χ4n) is 3.51. The van der Waals surface area contributed by atoms with Gasteiger partial charge >= 0.3 is 0 Å². The Labute approximate surface area is 152 Å². The summed E-state index contributed by atoms with van der Waals surface area (Å²) in [6.45, 7) is 5.81. The van der Waals surface area contributed by atoms with Crippen LogP contribution in [0.15, 0.2) is 45.9 Å². The molecule has 0 bridgehead atoms. The predicted octanol–water partition coefficient (Wildman–Crippen LogP) is 2.84. The van der Waals surface area contributed by atoms with Crippen LogP contribution in [-0.4, -0.2) is 53.2 Å². The molecule has 6 heteroatoms. The quantitative estimate of drug-likeness (QED) is 0.813. The molecule has 1 unspecified atom stereocenters. The number of carbonyl (C=O) groups excluding carboxylic acids is 1. The van der Waals surface area contributed by atoms with E-state index in [9.17, 15) is 4.79 Å². The van der Waals surface area contributed by atoms with Gasteiger partial charge in [-0.25, -0.2) is 0 Å². The van der Waals surface area contributed by atoms with E-state index in [1.165, 1.54) is 11.8 Å². The fraction of sp³-hybridized carbons (Fsp3) is 0.474. The standard InChI is InChI=1S/C19H23N3O2S/c1-14-17(25-19-20-9-10-22(14)19)18(23)21(13-16-8-5-11-24-16)12-15-6-3-2-4-7-15/h2-4,6-7,16H,5,8-13H2,1H3. The lowest BCUT2D eigenvalue weighted by Gasteiger charge is -2.26. The maximum Gasteiger partial charge on any atom is 0.262 e. The SMILES string of the molecule is CC1=C(C(=O)N(Cc2ccccc2)CC2CCCO2)SC2=NCCN21. The van der Waals surface area contributed by atoms with Crippen molar-refractivity contribution in [2.24, 2.45) is 4.99 Å². The number of benzene rings is 1. The summed E-state index contributed by atoms with van der Waals surface area (Å²) < 4.78 is 5.78. The van der Waals surface area contributed by atoms with Crippen molar-refractivity contribution in [3.63, 3.8) is 0 Å². The van der Waals surface area contributed by atoms with E-state index >= 15 is 0 Å². The van der Waals surface area contributed by atoms with E-state index < -0.39 is 0 Å². The van der Waals surface area contributed by atoms with Crippen LogP contribution in [-0.2, 0) is 16.1 Å². The summed E-state index contributed by atoms with van der Waals surface area (Å²) in [7, 11) is 0. The van der Waals surface area contributed by atoms with E-state index in [1.54, 1.807) is 0 Å². The first-order valence-corrected chi connectivity index (χ1v) is 9.69. The van der Waals surface area contributed by atoms with Crippen LogP contribution >= 0.6 is 11.8 Å². The zero-order valence-corrected chi connectivity index (χ0v) is 15.3. The molecule has 1 fully saturated rings. The molecule has 132 valence electrons. The highest BCUT2D eigenvalue weighted by Crippen LogP contribution is 2.37. The van der Waals surface area contributed by atoms with Gasteiger partial charge in [-0.15, -0.1) is 0 Å². The number of carbonyl (C=O) groups is 1. The third-order valence-electron chi connectivity index (χ3n) is 4.87. The van der Waals surface area contributed by atoms with Gasteiger partial charge in [0.05, 0.1) is 17.6 Å². The largest absolute Gasteiger partial charge is 0.376 e. The van der Waals surface area contributed by atoms with Gasteiger partial charge in [-0.3, -0.25) is 9.79 Å². The van der Waals surface area contributed by atoms with Crippen molar-refractivity contribution in [2.45, 2.75) is 32.4 Å². The molecular weight excluding hydrogens is 334 g/mol. The van der Waals surface area contributed by atoms with Crippen LogP contribution in [0.2, 0.25) is 0 Å². The van der Waals surface area contributed by atoms with Gasteiger partial charge in [0.25, 0.3) is 5.91 Å². The molecule has 3 aliphatic heterocycles. The zero-order chi connectivity index (χ0) is 17.2. The molecule has 25 heavy (non-hydrogen) atoms. The predicted molar refractivity (Wildman–Crippen MR) is 100 cm³/mol. The molecule has 1 aromatic carbocycles. The van der Waals surface area contributed by atoms with Crippen LogP contribution in [0.25, 0.3) is 0 Å². The molecule has 0 spiro atoms. The molecule has 1 amide bonds. The topological polar surface area (TPSA) is 45.1 Å². The van der Waals surface area contributed by atoms with E-state index in [-0.39, 0.29) is 12.0 Å². The summed E-state index contributed by atoms with van der Waals surface area (Å²) in [6.07, 6.45) is 2.26. The lowest BCUT2D eigenvalue weighted by Crippen LogP contribution is -2.37. The number of allylic oxidation sites excluding steroid dienone is 1. The average molecular weight is 357 g/mol. The van der Waals surface area contributed by atoms with Gasteiger partial charge in [-0.05, 0) is 37.1 Å². The van der Waals surface area contributed by atoms with E-state index in [0.717, 1.165) is 53.9 Å². The fourth-order valence-corrected chi connectivity index (χ4v) is 4.66. The number of amidine groups is 1. The summed E-state index contributed by atoms with van der Waals surface area (Å²) in [6, 6.07) is 10.2. The number of amides is 1. The molecule has 4 rings (SSSR count). The van der Waals surface area contributed by atoms with Gasteiger partial charge < -0.3 is 14.5 Å². The summed E-state index contributed by atoms with van der Waals surface area (Å²) in [5.41, 5.74) is 2.18. The third kappa shape index (κ3) is 3.46. The molecule has 0 aromatic heterocycles. The number of thioether (sulfide) groups is 1. The van der Waals surface area contributed by atoms with Gasteiger partial charge in [0, 0.05) is 31.9 Å². The van der Waals surface area contributed by atoms with Crippen LogP contribution in [0.4, 0.5) is 0 Å². The molecule has 1 atom stereocenters. The van der Waals surface area contributed by atoms with Gasteiger partial charge in [0.1, 0.15) is 0 Å². The van der Waals surface area contributed by atoms with Gasteiger partial charge in [-0.2, -0.15) is 0 Å². The van der Waals surface area contributed by atoms with Crippen molar-refractivity contribution in [2.75, 3.05) is 26.2 Å². The minimum atomic E-state index is 0.0963. The second-order valence-electron chi connectivity index (χ2n) is 6.64. The Morgan fingerprint density at radius 3 is 2.96 bits per heavy atom. The normalized spacial score (nSPS) is 22.4. The first-order chi connectivity index (χ1) is 12.2. The third-order valence-corrected chi connectivity index (χ3v) is 6.08. The van der Waals surface area contributed by atoms with Crippen molar-refractivity contribution in [1.82, 2.24) is 9.80 Å². The number of hydrogen-bond donors (Lipinski definition) is 0. The number of fused-ring (bicyclic) bond motifs is 1. The molecule has 3 aliphatic rings. The molecule has 1 aromatic rings. The summed E-state index contributed by atoms with van der Waals surface area (Å²) >= 11 is 1.52. The van der Waals surface area contributed by atoms with Gasteiger partial charge in [0.2, 0.25) is 0 Å². The van der Waals surface area contributed by atoms with Crippen LogP contribution in [0, 0.1) is 0 Å². The van der Waals surface area contributed by atoms with Gasteiger partial charge in [0.15, 0.2) is 5.17 Å². The van der Waals surface area contributed by atoms with E-state index in [4.69, 9.17) is 4.74 Å². The molecule has 1 saturated heterocycles. The maximum atomic E-state index is 13.3. The van der Waals surface area contributed by atoms with Crippen LogP contribution < -0.4 is 0 Å². The Morgan fingerprint density at radius 1 is 1.40 bits per heavy atom. The second-order valence-corrected chi connectivity index (χ2v) is 7.62. The van der Waals surface area contributed by atoms with Crippen molar-refractivity contribution in [1.29, 1.82) is 0 Å². The van der Waals surface area contributed by atoms with Crippen LogP contribution in [0.1, 0.15) is 25.3 Å². The average Bonchev–Trinajstić information content (AvgIpc) is 3.35. The number of hydrogen-bond acceptors (Lipinski definition) is 5. The molecule has 0 radical (unpaired) electrons. The number of ether oxygens (including phenoxy) is 1. The van der Waals surface area contributed by atoms with Crippen molar-refractivity contribution < 1.29 is 9.53 Å². The Bertz CT molecular complexity index is 711. The molecule has 0 N–H and O–H groups in total. The van der Waals surface area contributed by atoms with Crippen LogP contribution in [0.5, 0.6) is 0 Å². The lowest BCUT2D eigenvalue weighted by atomic mass is 10.1. The molecule has 3 heterocycles. The summed E-state index contributed by atoms with van der Waals surface area (Å²) in [5, 5.41) is 0.970. The lowest BCUT2D eigenvalue weighted by molar-refractivity contribution is -0.128. The number of aliphatic imine (C=N–C) groups is 1. The first-order valence-electron chi connectivity index (χ1n) is 8.88. The second kappa shape index (κ2) is 7.22. The van der Waals surface area contributed by atoms with E-state index in [2.05, 4.69) is 22.0 Å². The smallest absolute Gasteiger partial charge is 0.262 e. The highest BCUT2D eigenvalue weighted by molar-refractivity contribution is 8.18. The van der Waals surface area contributed by atoms with Gasteiger partial charge in [-0.1, -0.05) is 30.3 Å². The first kappa shape index (κ1) is 16.7. The summed E-state index contributed by atoms with van der Waals surface area (Å²) in [4.78, 5) is 22.7. The molecule has 0 aliphatic carbocycles. The molecular formula is C19H23N3O2S. The van der Waals surface area contributed by atoms with Crippen LogP contribution in [0.3, 0.4) is 0 Å². The monoisotopic (exact) mass is 357 g/mol. The Morgan fingerprint density at radius 2 is 2.24 bits per heavy atom. The zero-order valence-electron chi connectivity index (χ0n) is 14.5. The number of nitrogens with zero attached hydrogens (tertiary/aromatic N) is 3. The Kier molecular flexibility index (Phi) is 4.81. The molecule has 0 saturated carbocycles. The molecule has 5 nitrogen and oxygen atoms in total. The van der Waals surface area contributed by atoms with E-state index in [0.29, 0.717) is 13.1 Å². The minimum absolute atomic E-state index is 0.0963. The van der Waals surface area contributed by atoms with Crippen molar-refractivity contribution >= 4 is 22.8 Å². The highest BCUT2D eigenvalue weighted by Gasteiger charge is 2.35. The van der Waals surface area contributed by atoms with Crippen molar-refractivity contribution in [3.05, 3.63) is 46.5 Å². The van der Waals surface area contributed by atoms with Crippen molar-refractivity contribution in [3.8, 4) is 0 Å². The number of rotatable bonds is 5. The maximum absolute atomic E-state index is 13.3. The summed E-state index contributed by atoms with van der Waals surface area (Å²) in [5.74, 6) is 0.0963. The van der Waals surface area contributed by atoms with E-state index in [1.807, 2.05) is 30.0 Å². The Balaban J connectivity index is 1.55. The minimum Gasteiger partial charge on any atom is -0.376 e.